The number of nitrogens with one attached hydrogen (secondary N) is 2. The van der Waals surface area contributed by atoms with Crippen LogP contribution in [0.3, 0.4) is 0 Å². The Morgan fingerprint density at radius 3 is 2.71 bits per heavy atom. The molecular formula is C17H19N3O. The number of aromatic nitrogens is 2. The molecule has 1 heterocycles. The number of nitrogens with zero attached hydrogens (tertiary/aromatic N) is 1. The van der Waals surface area contributed by atoms with Crippen LogP contribution in [-0.2, 0) is 6.54 Å². The number of rotatable bonds is 5. The monoisotopic (exact) mass is 281 g/mol. The van der Waals surface area contributed by atoms with Gasteiger partial charge in [0.2, 0.25) is 0 Å². The van der Waals surface area contributed by atoms with Crippen molar-refractivity contribution in [2.24, 2.45) is 0 Å². The zero-order chi connectivity index (χ0) is 14.7. The molecule has 21 heavy (non-hydrogen) atoms. The van der Waals surface area contributed by atoms with Gasteiger partial charge >= 0.3 is 0 Å². The van der Waals surface area contributed by atoms with Gasteiger partial charge in [0.15, 0.2) is 0 Å². The molecule has 1 atom stereocenters. The molecule has 3 rings (SSSR count). The Morgan fingerprint density at radius 1 is 1.19 bits per heavy atom. The van der Waals surface area contributed by atoms with Crippen LogP contribution >= 0.6 is 0 Å². The zero-order valence-electron chi connectivity index (χ0n) is 12.3. The van der Waals surface area contributed by atoms with Crippen LogP contribution in [0.15, 0.2) is 48.8 Å². The second kappa shape index (κ2) is 5.97. The first-order chi connectivity index (χ1) is 10.3. The molecule has 2 N–H and O–H groups in total. The number of imidazole rings is 1. The summed E-state index contributed by atoms with van der Waals surface area (Å²) in [6, 6.07) is 12.6. The smallest absolute Gasteiger partial charge is 0.126 e. The van der Waals surface area contributed by atoms with Gasteiger partial charge in [0.05, 0.1) is 13.2 Å². The molecule has 0 amide bonds. The number of hydrogen-bond donors (Lipinski definition) is 2. The molecular weight excluding hydrogens is 262 g/mol. The molecule has 4 heteroatoms. The topological polar surface area (TPSA) is 49.9 Å². The van der Waals surface area contributed by atoms with Crippen LogP contribution in [0.5, 0.6) is 5.75 Å². The maximum atomic E-state index is 5.43. The predicted molar refractivity (Wildman–Crippen MR) is 84.3 cm³/mol. The van der Waals surface area contributed by atoms with Gasteiger partial charge in [0.1, 0.15) is 11.6 Å². The van der Waals surface area contributed by atoms with E-state index in [1.807, 2.05) is 18.3 Å². The van der Waals surface area contributed by atoms with E-state index in [-0.39, 0.29) is 6.04 Å². The number of methoxy groups -OCH3 is 1. The van der Waals surface area contributed by atoms with E-state index in [0.717, 1.165) is 23.5 Å². The number of H-pyrrole nitrogens is 1. The van der Waals surface area contributed by atoms with Gasteiger partial charge in [0.25, 0.3) is 0 Å². The zero-order valence-corrected chi connectivity index (χ0v) is 12.3. The Kier molecular flexibility index (Phi) is 3.88. The summed E-state index contributed by atoms with van der Waals surface area (Å²) >= 11 is 0. The average molecular weight is 281 g/mol. The molecule has 0 saturated heterocycles. The highest BCUT2D eigenvalue weighted by Crippen LogP contribution is 2.28. The highest BCUT2D eigenvalue weighted by atomic mass is 16.5. The van der Waals surface area contributed by atoms with Gasteiger partial charge in [-0.3, -0.25) is 0 Å². The van der Waals surface area contributed by atoms with Crippen LogP contribution in [0, 0.1) is 0 Å². The summed E-state index contributed by atoms with van der Waals surface area (Å²) < 4.78 is 5.43. The Balaban J connectivity index is 1.84. The molecule has 4 nitrogen and oxygen atoms in total. The molecule has 1 aromatic heterocycles. The van der Waals surface area contributed by atoms with Crippen LogP contribution < -0.4 is 10.1 Å². The Hall–Kier alpha value is -2.33. The maximum absolute atomic E-state index is 5.43. The molecule has 0 saturated carbocycles. The molecule has 0 fully saturated rings. The predicted octanol–water partition coefficient (Wildman–Crippen LogP) is 3.42. The van der Waals surface area contributed by atoms with Crippen molar-refractivity contribution in [3.05, 3.63) is 60.2 Å². The van der Waals surface area contributed by atoms with Crippen molar-refractivity contribution < 1.29 is 4.74 Å². The highest BCUT2D eigenvalue weighted by Gasteiger charge is 2.09. The normalized spacial score (nSPS) is 12.5. The lowest BCUT2D eigenvalue weighted by Gasteiger charge is -2.14. The highest BCUT2D eigenvalue weighted by molar-refractivity contribution is 5.91. The van der Waals surface area contributed by atoms with Crippen molar-refractivity contribution in [3.8, 4) is 5.75 Å². The fourth-order valence-corrected chi connectivity index (χ4v) is 2.54. The van der Waals surface area contributed by atoms with E-state index in [9.17, 15) is 0 Å². The second-order valence-corrected chi connectivity index (χ2v) is 5.05. The number of ether oxygens (including phenoxy) is 1. The second-order valence-electron chi connectivity index (χ2n) is 5.05. The summed E-state index contributed by atoms with van der Waals surface area (Å²) in [5.41, 5.74) is 1.25. The van der Waals surface area contributed by atoms with Crippen LogP contribution in [0.2, 0.25) is 0 Å². The van der Waals surface area contributed by atoms with E-state index >= 15 is 0 Å². The van der Waals surface area contributed by atoms with Crippen molar-refractivity contribution >= 4 is 10.8 Å². The van der Waals surface area contributed by atoms with Crippen LogP contribution in [0.25, 0.3) is 10.8 Å². The van der Waals surface area contributed by atoms with E-state index in [2.05, 4.69) is 46.5 Å². The summed E-state index contributed by atoms with van der Waals surface area (Å²) in [5, 5.41) is 5.86. The summed E-state index contributed by atoms with van der Waals surface area (Å²) in [6.45, 7) is 2.89. The van der Waals surface area contributed by atoms with Gasteiger partial charge in [-0.1, -0.05) is 30.3 Å². The summed E-state index contributed by atoms with van der Waals surface area (Å²) in [5.74, 6) is 1.86. The van der Waals surface area contributed by atoms with Gasteiger partial charge in [-0.25, -0.2) is 4.98 Å². The minimum atomic E-state index is 0.181. The Bertz CT molecular complexity index is 722. The van der Waals surface area contributed by atoms with Crippen molar-refractivity contribution in [2.75, 3.05) is 7.11 Å². The lowest BCUT2D eigenvalue weighted by molar-refractivity contribution is 0.419. The van der Waals surface area contributed by atoms with Crippen LogP contribution in [0.1, 0.15) is 24.4 Å². The molecule has 3 aromatic rings. The number of hydrogen-bond acceptors (Lipinski definition) is 3. The van der Waals surface area contributed by atoms with Gasteiger partial charge in [0, 0.05) is 24.3 Å². The number of fused-ring (bicyclic) bond motifs is 1. The first-order valence-corrected chi connectivity index (χ1v) is 7.07. The molecule has 108 valence electrons. The molecule has 0 spiro atoms. The summed E-state index contributed by atoms with van der Waals surface area (Å²) in [6.07, 6.45) is 3.62. The van der Waals surface area contributed by atoms with E-state index < -0.39 is 0 Å². The van der Waals surface area contributed by atoms with E-state index in [4.69, 9.17) is 4.74 Å². The van der Waals surface area contributed by atoms with Gasteiger partial charge in [-0.05, 0) is 23.9 Å². The first kappa shape index (κ1) is 13.6. The quantitative estimate of drug-likeness (QED) is 0.753. The van der Waals surface area contributed by atoms with Crippen molar-refractivity contribution in [1.29, 1.82) is 0 Å². The third-order valence-electron chi connectivity index (χ3n) is 3.72. The molecule has 0 aliphatic carbocycles. The average Bonchev–Trinajstić information content (AvgIpc) is 3.06. The number of aromatic amines is 1. The molecule has 0 aliphatic heterocycles. The van der Waals surface area contributed by atoms with Crippen LogP contribution in [-0.4, -0.2) is 17.1 Å². The SMILES string of the molecule is COc1ccc(CNC(C)c2ncc[nH]2)c2ccccc12. The molecule has 0 bridgehead atoms. The third kappa shape index (κ3) is 2.76. The molecule has 0 radical (unpaired) electrons. The van der Waals surface area contributed by atoms with E-state index in [0.29, 0.717) is 0 Å². The van der Waals surface area contributed by atoms with Crippen molar-refractivity contribution in [3.63, 3.8) is 0 Å². The largest absolute Gasteiger partial charge is 0.496 e. The van der Waals surface area contributed by atoms with Gasteiger partial charge < -0.3 is 15.0 Å². The first-order valence-electron chi connectivity index (χ1n) is 7.07. The standard InChI is InChI=1S/C17H19N3O/c1-12(17-18-9-10-19-17)20-11-13-7-8-16(21-2)15-6-4-3-5-14(13)15/h3-10,12,20H,11H2,1-2H3,(H,18,19). The molecule has 1 unspecified atom stereocenters. The van der Waals surface area contributed by atoms with Crippen molar-refractivity contribution in [1.82, 2.24) is 15.3 Å². The van der Waals surface area contributed by atoms with E-state index in [1.54, 1.807) is 13.3 Å². The summed E-state index contributed by atoms with van der Waals surface area (Å²) in [4.78, 5) is 7.42. The molecule has 2 aromatic carbocycles. The number of benzene rings is 2. The summed E-state index contributed by atoms with van der Waals surface area (Å²) in [7, 11) is 1.71. The minimum absolute atomic E-state index is 0.181. The third-order valence-corrected chi connectivity index (χ3v) is 3.72. The van der Waals surface area contributed by atoms with Gasteiger partial charge in [-0.2, -0.15) is 0 Å². The minimum Gasteiger partial charge on any atom is -0.496 e. The lowest BCUT2D eigenvalue weighted by atomic mass is 10.0. The Labute approximate surface area is 124 Å². The fourth-order valence-electron chi connectivity index (χ4n) is 2.54. The van der Waals surface area contributed by atoms with Gasteiger partial charge in [-0.15, -0.1) is 0 Å². The fraction of sp³-hybridized carbons (Fsp3) is 0.235. The van der Waals surface area contributed by atoms with E-state index in [1.165, 1.54) is 10.9 Å². The van der Waals surface area contributed by atoms with Crippen molar-refractivity contribution in [2.45, 2.75) is 19.5 Å². The Morgan fingerprint density at radius 2 is 2.00 bits per heavy atom. The lowest BCUT2D eigenvalue weighted by Crippen LogP contribution is -2.19. The van der Waals surface area contributed by atoms with Crippen LogP contribution in [0.4, 0.5) is 0 Å². The molecule has 0 aliphatic rings. The maximum Gasteiger partial charge on any atom is 0.126 e.